The van der Waals surface area contributed by atoms with E-state index in [2.05, 4.69) is 23.5 Å². The van der Waals surface area contributed by atoms with Crippen LogP contribution in [0.3, 0.4) is 0 Å². The van der Waals surface area contributed by atoms with E-state index in [1.807, 2.05) is 12.1 Å². The standard InChI is InChI=1S/C19H20N2O2/c1-14(22)16-7-8-17(13-20)19(12-16)21-11-3-4-15-5-9-18(23-2)10-6-15/h5-10,12,21H,3-4,11H2,1-2H3. The van der Waals surface area contributed by atoms with Gasteiger partial charge in [0.1, 0.15) is 11.8 Å². The molecule has 0 bridgehead atoms. The van der Waals surface area contributed by atoms with E-state index in [1.54, 1.807) is 25.3 Å². The molecule has 2 aromatic rings. The second kappa shape index (κ2) is 8.00. The number of methoxy groups -OCH3 is 1. The molecule has 0 aromatic heterocycles. The molecule has 0 saturated carbocycles. The van der Waals surface area contributed by atoms with Gasteiger partial charge in [-0.05, 0) is 55.7 Å². The first kappa shape index (κ1) is 16.6. The minimum atomic E-state index is -0.00391. The molecule has 1 N–H and O–H groups in total. The minimum Gasteiger partial charge on any atom is -0.497 e. The van der Waals surface area contributed by atoms with Gasteiger partial charge in [0, 0.05) is 12.1 Å². The number of benzene rings is 2. The van der Waals surface area contributed by atoms with Gasteiger partial charge >= 0.3 is 0 Å². The van der Waals surface area contributed by atoms with Gasteiger partial charge in [0.2, 0.25) is 0 Å². The zero-order valence-electron chi connectivity index (χ0n) is 13.4. The first-order valence-corrected chi connectivity index (χ1v) is 7.56. The Labute approximate surface area is 136 Å². The van der Waals surface area contributed by atoms with E-state index in [4.69, 9.17) is 10.00 Å². The maximum atomic E-state index is 11.4. The van der Waals surface area contributed by atoms with Crippen LogP contribution >= 0.6 is 0 Å². The number of nitriles is 1. The number of hydrogen-bond acceptors (Lipinski definition) is 4. The van der Waals surface area contributed by atoms with E-state index < -0.39 is 0 Å². The van der Waals surface area contributed by atoms with Crippen molar-refractivity contribution in [3.05, 3.63) is 59.2 Å². The molecular weight excluding hydrogens is 288 g/mol. The summed E-state index contributed by atoms with van der Waals surface area (Å²) in [4.78, 5) is 11.4. The van der Waals surface area contributed by atoms with Crippen LogP contribution in [0.2, 0.25) is 0 Å². The highest BCUT2D eigenvalue weighted by Gasteiger charge is 2.06. The van der Waals surface area contributed by atoms with E-state index in [-0.39, 0.29) is 5.78 Å². The lowest BCUT2D eigenvalue weighted by atomic mass is 10.1. The maximum Gasteiger partial charge on any atom is 0.159 e. The van der Waals surface area contributed by atoms with Crippen LogP contribution in [0.25, 0.3) is 0 Å². The smallest absolute Gasteiger partial charge is 0.159 e. The van der Waals surface area contributed by atoms with Crippen molar-refractivity contribution in [2.45, 2.75) is 19.8 Å². The van der Waals surface area contributed by atoms with Crippen LogP contribution < -0.4 is 10.1 Å². The fraction of sp³-hybridized carbons (Fsp3) is 0.263. The van der Waals surface area contributed by atoms with Crippen molar-refractivity contribution in [3.63, 3.8) is 0 Å². The van der Waals surface area contributed by atoms with Gasteiger partial charge in [-0.2, -0.15) is 5.26 Å². The van der Waals surface area contributed by atoms with Gasteiger partial charge in [-0.1, -0.05) is 12.1 Å². The number of ketones is 1. The molecule has 0 radical (unpaired) electrons. The third kappa shape index (κ3) is 4.58. The highest BCUT2D eigenvalue weighted by Crippen LogP contribution is 2.18. The number of hydrogen-bond donors (Lipinski definition) is 1. The molecule has 0 fully saturated rings. The summed E-state index contributed by atoms with van der Waals surface area (Å²) in [6.07, 6.45) is 1.87. The Morgan fingerprint density at radius 3 is 2.57 bits per heavy atom. The second-order valence-corrected chi connectivity index (χ2v) is 5.31. The molecule has 0 saturated heterocycles. The Balaban J connectivity index is 1.91. The number of nitrogens with one attached hydrogen (secondary N) is 1. The van der Waals surface area contributed by atoms with Crippen LogP contribution in [0.1, 0.15) is 34.8 Å². The monoisotopic (exact) mass is 308 g/mol. The van der Waals surface area contributed by atoms with Gasteiger partial charge in [-0.3, -0.25) is 4.79 Å². The second-order valence-electron chi connectivity index (χ2n) is 5.31. The predicted molar refractivity (Wildman–Crippen MR) is 91.0 cm³/mol. The largest absolute Gasteiger partial charge is 0.497 e. The Kier molecular flexibility index (Phi) is 5.76. The first-order chi connectivity index (χ1) is 11.1. The fourth-order valence-corrected chi connectivity index (χ4v) is 2.31. The van der Waals surface area contributed by atoms with E-state index in [0.717, 1.165) is 30.8 Å². The predicted octanol–water partition coefficient (Wildman–Crippen LogP) is 3.81. The average molecular weight is 308 g/mol. The number of carbonyl (C=O) groups is 1. The topological polar surface area (TPSA) is 62.1 Å². The molecule has 2 rings (SSSR count). The van der Waals surface area contributed by atoms with Crippen molar-refractivity contribution < 1.29 is 9.53 Å². The molecule has 0 amide bonds. The van der Waals surface area contributed by atoms with Crippen LogP contribution in [-0.4, -0.2) is 19.4 Å². The minimum absolute atomic E-state index is 0.00391. The lowest BCUT2D eigenvalue weighted by Gasteiger charge is -2.10. The van der Waals surface area contributed by atoms with Gasteiger partial charge in [0.05, 0.1) is 18.4 Å². The van der Waals surface area contributed by atoms with Gasteiger partial charge < -0.3 is 10.1 Å². The summed E-state index contributed by atoms with van der Waals surface area (Å²) in [7, 11) is 1.65. The summed E-state index contributed by atoms with van der Waals surface area (Å²) in [6, 6.07) is 15.3. The quantitative estimate of drug-likeness (QED) is 0.624. The third-order valence-electron chi connectivity index (χ3n) is 3.66. The zero-order valence-corrected chi connectivity index (χ0v) is 13.4. The van der Waals surface area contributed by atoms with Crippen molar-refractivity contribution >= 4 is 11.5 Å². The molecule has 0 atom stereocenters. The molecule has 0 unspecified atom stereocenters. The average Bonchev–Trinajstić information content (AvgIpc) is 2.59. The zero-order chi connectivity index (χ0) is 16.7. The van der Waals surface area contributed by atoms with E-state index >= 15 is 0 Å². The lowest BCUT2D eigenvalue weighted by Crippen LogP contribution is -2.06. The highest BCUT2D eigenvalue weighted by molar-refractivity contribution is 5.95. The molecule has 118 valence electrons. The van der Waals surface area contributed by atoms with Crippen molar-refractivity contribution in [2.75, 3.05) is 19.0 Å². The SMILES string of the molecule is COc1ccc(CCCNc2cc(C(C)=O)ccc2C#N)cc1. The molecule has 0 aliphatic rings. The number of ether oxygens (including phenoxy) is 1. The van der Waals surface area contributed by atoms with E-state index in [1.165, 1.54) is 12.5 Å². The van der Waals surface area contributed by atoms with Crippen molar-refractivity contribution in [3.8, 4) is 11.8 Å². The number of anilines is 1. The fourth-order valence-electron chi connectivity index (χ4n) is 2.31. The van der Waals surface area contributed by atoms with Gasteiger partial charge in [-0.25, -0.2) is 0 Å². The first-order valence-electron chi connectivity index (χ1n) is 7.56. The third-order valence-corrected chi connectivity index (χ3v) is 3.66. The summed E-state index contributed by atoms with van der Waals surface area (Å²) >= 11 is 0. The normalized spacial score (nSPS) is 9.96. The number of rotatable bonds is 7. The lowest BCUT2D eigenvalue weighted by molar-refractivity contribution is 0.101. The van der Waals surface area contributed by atoms with Crippen LogP contribution in [0.5, 0.6) is 5.75 Å². The number of Topliss-reactive ketones (excluding diaryl/α,β-unsaturated/α-hetero) is 1. The van der Waals surface area contributed by atoms with Crippen LogP contribution in [0.15, 0.2) is 42.5 Å². The van der Waals surface area contributed by atoms with Crippen molar-refractivity contribution in [1.29, 1.82) is 5.26 Å². The van der Waals surface area contributed by atoms with E-state index in [0.29, 0.717) is 11.1 Å². The molecular formula is C19H20N2O2. The molecule has 23 heavy (non-hydrogen) atoms. The molecule has 4 heteroatoms. The summed E-state index contributed by atoms with van der Waals surface area (Å²) in [5.41, 5.74) is 3.13. The molecule has 0 spiro atoms. The summed E-state index contributed by atoms with van der Waals surface area (Å²) < 4.78 is 5.14. The number of aryl methyl sites for hydroxylation is 1. The Hall–Kier alpha value is -2.80. The van der Waals surface area contributed by atoms with Gasteiger partial charge in [-0.15, -0.1) is 0 Å². The number of nitrogens with zero attached hydrogens (tertiary/aromatic N) is 1. The summed E-state index contributed by atoms with van der Waals surface area (Å²) in [6.45, 7) is 2.26. The Morgan fingerprint density at radius 1 is 1.22 bits per heavy atom. The molecule has 0 heterocycles. The van der Waals surface area contributed by atoms with Crippen molar-refractivity contribution in [1.82, 2.24) is 0 Å². The number of carbonyl (C=O) groups excluding carboxylic acids is 1. The molecule has 4 nitrogen and oxygen atoms in total. The van der Waals surface area contributed by atoms with Crippen LogP contribution in [0, 0.1) is 11.3 Å². The summed E-state index contributed by atoms with van der Waals surface area (Å²) in [5.74, 6) is 0.849. The maximum absolute atomic E-state index is 11.4. The Bertz CT molecular complexity index is 715. The summed E-state index contributed by atoms with van der Waals surface area (Å²) in [5, 5.41) is 12.4. The highest BCUT2D eigenvalue weighted by atomic mass is 16.5. The van der Waals surface area contributed by atoms with Gasteiger partial charge in [0.15, 0.2) is 5.78 Å². The van der Waals surface area contributed by atoms with E-state index in [9.17, 15) is 4.79 Å². The Morgan fingerprint density at radius 2 is 1.96 bits per heavy atom. The van der Waals surface area contributed by atoms with Crippen LogP contribution in [0.4, 0.5) is 5.69 Å². The van der Waals surface area contributed by atoms with Gasteiger partial charge in [0.25, 0.3) is 0 Å². The van der Waals surface area contributed by atoms with Crippen LogP contribution in [-0.2, 0) is 6.42 Å². The van der Waals surface area contributed by atoms with Crippen molar-refractivity contribution in [2.24, 2.45) is 0 Å². The molecule has 2 aromatic carbocycles. The molecule has 0 aliphatic heterocycles. The molecule has 0 aliphatic carbocycles.